The highest BCUT2D eigenvalue weighted by Gasteiger charge is 2.44. The molecule has 0 aliphatic rings. The lowest BCUT2D eigenvalue weighted by atomic mass is 9.88. The Morgan fingerprint density at radius 1 is 0.871 bits per heavy atom. The molecule has 0 spiro atoms. The summed E-state index contributed by atoms with van der Waals surface area (Å²) in [5.41, 5.74) is -4.55. The van der Waals surface area contributed by atoms with E-state index in [4.69, 9.17) is 13.0 Å². The smallest absolute Gasteiger partial charge is 0.279 e. The lowest BCUT2D eigenvalue weighted by molar-refractivity contribution is -0.0510. The summed E-state index contributed by atoms with van der Waals surface area (Å²) in [5.74, 6) is 0. The van der Waals surface area contributed by atoms with E-state index in [-0.39, 0.29) is 0 Å². The molecule has 0 aliphatic heterocycles. The van der Waals surface area contributed by atoms with Gasteiger partial charge in [0.15, 0.2) is 0 Å². The van der Waals surface area contributed by atoms with Crippen LogP contribution in [0.5, 0.6) is 0 Å². The highest BCUT2D eigenvalue weighted by molar-refractivity contribution is 7.86. The summed E-state index contributed by atoms with van der Waals surface area (Å²) in [5, 5.41) is 16.5. The van der Waals surface area contributed by atoms with Crippen LogP contribution in [-0.2, 0) is 14.9 Å². The molecule has 1 unspecified atom stereocenters. The van der Waals surface area contributed by atoms with Crippen LogP contribution < -0.4 is 0 Å². The van der Waals surface area contributed by atoms with Crippen LogP contribution in [0.1, 0.15) is 12.5 Å². The number of benzene rings is 4. The van der Waals surface area contributed by atoms with Gasteiger partial charge in [-0.2, -0.15) is 39.5 Å². The lowest BCUT2D eigenvalue weighted by Gasteiger charge is -2.21. The molecular weight excluding hydrogens is 447 g/mol. The van der Waals surface area contributed by atoms with Crippen LogP contribution >= 0.6 is 12.6 Å². The summed E-state index contributed by atoms with van der Waals surface area (Å²) in [6, 6.07) is 25.5. The van der Waals surface area contributed by atoms with Crippen molar-refractivity contribution in [2.75, 3.05) is 0 Å². The minimum atomic E-state index is -5.84. The van der Waals surface area contributed by atoms with Crippen molar-refractivity contribution in [2.45, 2.75) is 17.2 Å². The summed E-state index contributed by atoms with van der Waals surface area (Å²) in [6.07, 6.45) is 0. The predicted molar refractivity (Wildman–Crippen MR) is 119 cm³/mol. The van der Waals surface area contributed by atoms with E-state index < -0.39 is 20.4 Å². The number of alkyl halides is 3. The van der Waals surface area contributed by atoms with Crippen molar-refractivity contribution in [3.63, 3.8) is 0 Å². The topological polar surface area (TPSA) is 78.2 Å². The van der Waals surface area contributed by atoms with E-state index in [9.17, 15) is 18.4 Å². The predicted octanol–water partition coefficient (Wildman–Crippen LogP) is 6.21. The maximum Gasteiger partial charge on any atom is 0.522 e. The normalized spacial score (nSPS) is 14.0. The monoisotopic (exact) mass is 463 g/mol. The van der Waals surface area contributed by atoms with Crippen molar-refractivity contribution >= 4 is 55.1 Å². The molecule has 0 aromatic heterocycles. The minimum absolute atomic E-state index is 0.846. The average molecular weight is 464 g/mol. The van der Waals surface area contributed by atoms with E-state index in [0.717, 1.165) is 27.1 Å². The summed E-state index contributed by atoms with van der Waals surface area (Å²) >= 11 is 4.66. The largest absolute Gasteiger partial charge is 0.522 e. The third-order valence-electron chi connectivity index (χ3n) is 4.73. The second kappa shape index (κ2) is 8.04. The first-order valence-corrected chi connectivity index (χ1v) is 10.8. The maximum atomic E-state index is 10.7. The number of nitriles is 1. The average Bonchev–Trinajstić information content (AvgIpc) is 2.69. The molecule has 0 amide bonds. The molecular formula is C22H16F3NO3S2. The zero-order valence-corrected chi connectivity index (χ0v) is 17.8. The Hall–Kier alpha value is -2.80. The minimum Gasteiger partial charge on any atom is -0.279 e. The molecule has 1 N–H and O–H groups in total. The van der Waals surface area contributed by atoms with Crippen LogP contribution in [0.15, 0.2) is 66.7 Å². The van der Waals surface area contributed by atoms with Crippen LogP contribution in [0.25, 0.3) is 32.3 Å². The highest BCUT2D eigenvalue weighted by Crippen LogP contribution is 2.40. The first kappa shape index (κ1) is 22.9. The molecule has 0 saturated carbocycles. The first-order chi connectivity index (χ1) is 14.3. The van der Waals surface area contributed by atoms with Crippen molar-refractivity contribution in [3.05, 3.63) is 72.3 Å². The Morgan fingerprint density at radius 3 is 1.84 bits per heavy atom. The third kappa shape index (κ3) is 4.61. The molecule has 160 valence electrons. The van der Waals surface area contributed by atoms with Crippen LogP contribution in [0, 0.1) is 11.3 Å². The number of fused-ring (bicyclic) bond motifs is 3. The summed E-state index contributed by atoms with van der Waals surface area (Å²) in [4.78, 5) is 0. The van der Waals surface area contributed by atoms with Gasteiger partial charge >= 0.3 is 15.6 Å². The molecule has 0 aliphatic carbocycles. The zero-order valence-electron chi connectivity index (χ0n) is 16.1. The third-order valence-corrected chi connectivity index (χ3v) is 5.63. The van der Waals surface area contributed by atoms with E-state index in [0.29, 0.717) is 0 Å². The van der Waals surface area contributed by atoms with Crippen molar-refractivity contribution in [1.82, 2.24) is 0 Å². The fourth-order valence-electron chi connectivity index (χ4n) is 3.34. The Morgan fingerprint density at radius 2 is 1.32 bits per heavy atom. The number of thiol groups is 1. The molecule has 4 aromatic carbocycles. The molecule has 4 nitrogen and oxygen atoms in total. The Balaban J connectivity index is 0.000000293. The molecule has 0 radical (unpaired) electrons. The summed E-state index contributed by atoms with van der Waals surface area (Å²) in [6.45, 7) is 1.87. The molecule has 4 aromatic rings. The maximum absolute atomic E-state index is 10.7. The van der Waals surface area contributed by atoms with E-state index in [1.807, 2.05) is 31.2 Å². The fraction of sp³-hybridized carbons (Fsp3) is 0.136. The van der Waals surface area contributed by atoms with Gasteiger partial charge in [-0.3, -0.25) is 4.55 Å². The molecule has 0 fully saturated rings. The summed E-state index contributed by atoms with van der Waals surface area (Å²) < 4.78 is 56.7. The van der Waals surface area contributed by atoms with E-state index in [1.54, 1.807) is 0 Å². The number of hydrogen-bond donors (Lipinski definition) is 2. The second-order valence-corrected chi connectivity index (χ2v) is 9.31. The van der Waals surface area contributed by atoms with Crippen LogP contribution in [0.3, 0.4) is 0 Å². The number of hydrogen-bond acceptors (Lipinski definition) is 4. The molecule has 31 heavy (non-hydrogen) atoms. The van der Waals surface area contributed by atoms with Crippen molar-refractivity contribution in [1.29, 1.82) is 5.26 Å². The molecule has 1 atom stereocenters. The van der Waals surface area contributed by atoms with Gasteiger partial charge in [-0.15, -0.1) is 0 Å². The van der Waals surface area contributed by atoms with E-state index >= 15 is 0 Å². The SMILES string of the molecule is CC(S)(C#N)c1c2ccccc2cc2cc3ccccc3cc12.O=S(=O)(O)C(F)(F)F. The van der Waals surface area contributed by atoms with Crippen LogP contribution in [0.4, 0.5) is 13.2 Å². The van der Waals surface area contributed by atoms with Crippen LogP contribution in [0.2, 0.25) is 0 Å². The van der Waals surface area contributed by atoms with Gasteiger partial charge in [0.2, 0.25) is 0 Å². The standard InChI is InChI=1S/C21H15NS.CHF3O3S/c1-21(23,13-22)20-18-9-5-4-8-16(18)11-17-10-14-6-2-3-7-15(14)12-19(17)20;2-1(3,4)8(5,6)7/h2-12,23H,1H3;(H,5,6,7). The van der Waals surface area contributed by atoms with Gasteiger partial charge in [0, 0.05) is 0 Å². The summed E-state index contributed by atoms with van der Waals surface area (Å²) in [7, 11) is -5.84. The van der Waals surface area contributed by atoms with Gasteiger partial charge < -0.3 is 0 Å². The Kier molecular flexibility index (Phi) is 5.93. The van der Waals surface area contributed by atoms with Gasteiger partial charge in [-0.25, -0.2) is 0 Å². The van der Waals surface area contributed by atoms with E-state index in [1.165, 1.54) is 10.8 Å². The Bertz CT molecular complexity index is 1430. The molecule has 4 rings (SSSR count). The molecule has 0 bridgehead atoms. The van der Waals surface area contributed by atoms with Gasteiger partial charge in [-0.1, -0.05) is 48.5 Å². The zero-order chi connectivity index (χ0) is 23.0. The van der Waals surface area contributed by atoms with Crippen molar-refractivity contribution in [2.24, 2.45) is 0 Å². The first-order valence-electron chi connectivity index (χ1n) is 8.87. The Labute approximate surface area is 182 Å². The molecule has 0 heterocycles. The highest BCUT2D eigenvalue weighted by atomic mass is 32.2. The number of nitrogens with zero attached hydrogens (tertiary/aromatic N) is 1. The quantitative estimate of drug-likeness (QED) is 0.152. The van der Waals surface area contributed by atoms with Crippen molar-refractivity contribution < 1.29 is 26.1 Å². The second-order valence-electron chi connectivity index (χ2n) is 7.00. The van der Waals surface area contributed by atoms with Gasteiger partial charge in [0.1, 0.15) is 4.75 Å². The van der Waals surface area contributed by atoms with Gasteiger partial charge in [0.25, 0.3) is 0 Å². The number of rotatable bonds is 1. The molecule has 0 saturated heterocycles. The van der Waals surface area contributed by atoms with Crippen molar-refractivity contribution in [3.8, 4) is 6.07 Å². The lowest BCUT2D eigenvalue weighted by Crippen LogP contribution is -2.21. The van der Waals surface area contributed by atoms with Gasteiger partial charge in [0.05, 0.1) is 6.07 Å². The van der Waals surface area contributed by atoms with Gasteiger partial charge in [-0.05, 0) is 63.0 Å². The van der Waals surface area contributed by atoms with E-state index in [2.05, 4.69) is 61.2 Å². The van der Waals surface area contributed by atoms with Crippen LogP contribution in [-0.4, -0.2) is 18.5 Å². The number of halogens is 3. The molecule has 9 heteroatoms. The fourth-order valence-corrected chi connectivity index (χ4v) is 3.58.